The van der Waals surface area contributed by atoms with Crippen LogP contribution in [0, 0.1) is 6.92 Å². The number of rotatable bonds is 4. The highest BCUT2D eigenvalue weighted by atomic mass is 16.2. The van der Waals surface area contributed by atoms with E-state index < -0.39 is 0 Å². The number of benzene rings is 2. The molecule has 122 valence electrons. The molecule has 1 aromatic heterocycles. The van der Waals surface area contributed by atoms with Crippen molar-refractivity contribution in [1.82, 2.24) is 15.8 Å². The van der Waals surface area contributed by atoms with E-state index in [1.165, 1.54) is 0 Å². The summed E-state index contributed by atoms with van der Waals surface area (Å²) in [5.41, 5.74) is 8.86. The molecule has 3 N–H and O–H groups in total. The van der Waals surface area contributed by atoms with E-state index in [1.54, 1.807) is 0 Å². The first-order chi connectivity index (χ1) is 11.6. The van der Waals surface area contributed by atoms with Gasteiger partial charge in [0.05, 0.1) is 12.8 Å². The van der Waals surface area contributed by atoms with Gasteiger partial charge in [0, 0.05) is 17.1 Å². The minimum absolute atomic E-state index is 0.203. The number of hydrogen-bond donors (Lipinski definition) is 3. The summed E-state index contributed by atoms with van der Waals surface area (Å²) in [5.74, 6) is -0.497. The maximum absolute atomic E-state index is 12.0. The summed E-state index contributed by atoms with van der Waals surface area (Å²) in [6.07, 6.45) is 2.25. The third-order valence-corrected chi connectivity index (χ3v) is 3.85. The van der Waals surface area contributed by atoms with Gasteiger partial charge in [-0.2, -0.15) is 0 Å². The molecule has 0 aliphatic heterocycles. The van der Waals surface area contributed by atoms with Gasteiger partial charge in [0.15, 0.2) is 0 Å². The number of fused-ring (bicyclic) bond motifs is 1. The first-order valence-corrected chi connectivity index (χ1v) is 7.80. The van der Waals surface area contributed by atoms with Crippen LogP contribution >= 0.6 is 0 Å². The molecule has 0 aliphatic carbocycles. The monoisotopic (exact) mass is 321 g/mol. The number of para-hydroxylation sites is 1. The Morgan fingerprint density at radius 1 is 0.917 bits per heavy atom. The van der Waals surface area contributed by atoms with E-state index in [1.807, 2.05) is 61.7 Å². The zero-order chi connectivity index (χ0) is 16.9. The van der Waals surface area contributed by atoms with E-state index in [4.69, 9.17) is 0 Å². The van der Waals surface area contributed by atoms with Crippen molar-refractivity contribution in [2.75, 3.05) is 0 Å². The topological polar surface area (TPSA) is 74.0 Å². The molecule has 3 aromatic rings. The molecule has 2 amide bonds. The second-order valence-corrected chi connectivity index (χ2v) is 5.80. The lowest BCUT2D eigenvalue weighted by atomic mass is 10.1. The van der Waals surface area contributed by atoms with Crippen molar-refractivity contribution in [3.8, 4) is 0 Å². The van der Waals surface area contributed by atoms with E-state index in [0.717, 1.165) is 27.6 Å². The first kappa shape index (κ1) is 15.8. The molecule has 0 bridgehead atoms. The Bertz CT molecular complexity index is 866. The SMILES string of the molecule is Cc1ccc(CC(=O)NNC(=O)Cc2c[nH]c3ccccc23)cc1. The average molecular weight is 321 g/mol. The van der Waals surface area contributed by atoms with Gasteiger partial charge in [0.25, 0.3) is 0 Å². The zero-order valence-electron chi connectivity index (χ0n) is 13.4. The van der Waals surface area contributed by atoms with E-state index >= 15 is 0 Å². The third-order valence-electron chi connectivity index (χ3n) is 3.85. The molecule has 5 nitrogen and oxygen atoms in total. The van der Waals surface area contributed by atoms with Crippen LogP contribution in [0.4, 0.5) is 0 Å². The quantitative estimate of drug-likeness (QED) is 0.646. The molecule has 0 unspecified atom stereocenters. The number of carbonyl (C=O) groups excluding carboxylic acids is 2. The van der Waals surface area contributed by atoms with E-state index in [-0.39, 0.29) is 24.7 Å². The fourth-order valence-electron chi connectivity index (χ4n) is 2.57. The number of amides is 2. The number of aromatic amines is 1. The Morgan fingerprint density at radius 2 is 1.58 bits per heavy atom. The van der Waals surface area contributed by atoms with Gasteiger partial charge in [-0.1, -0.05) is 48.0 Å². The van der Waals surface area contributed by atoms with Crippen LogP contribution in [-0.4, -0.2) is 16.8 Å². The van der Waals surface area contributed by atoms with Gasteiger partial charge in [0.1, 0.15) is 0 Å². The minimum atomic E-state index is -0.253. The summed E-state index contributed by atoms with van der Waals surface area (Å²) in [7, 11) is 0. The summed E-state index contributed by atoms with van der Waals surface area (Å²) in [6.45, 7) is 1.99. The number of aromatic nitrogens is 1. The number of H-pyrrole nitrogens is 1. The Balaban J connectivity index is 1.52. The largest absolute Gasteiger partial charge is 0.361 e. The second-order valence-electron chi connectivity index (χ2n) is 5.80. The number of aryl methyl sites for hydroxylation is 1. The molecule has 1 heterocycles. The van der Waals surface area contributed by atoms with Gasteiger partial charge in [-0.25, -0.2) is 0 Å². The maximum Gasteiger partial charge on any atom is 0.242 e. The molecule has 2 aromatic carbocycles. The third kappa shape index (κ3) is 3.81. The summed E-state index contributed by atoms with van der Waals surface area (Å²) < 4.78 is 0. The van der Waals surface area contributed by atoms with Crippen molar-refractivity contribution in [1.29, 1.82) is 0 Å². The van der Waals surface area contributed by atoms with Gasteiger partial charge in [-0.05, 0) is 24.1 Å². The van der Waals surface area contributed by atoms with Gasteiger partial charge in [-0.3, -0.25) is 20.4 Å². The number of hydrazine groups is 1. The van der Waals surface area contributed by atoms with Crippen LogP contribution in [0.15, 0.2) is 54.7 Å². The first-order valence-electron chi connectivity index (χ1n) is 7.80. The lowest BCUT2D eigenvalue weighted by Crippen LogP contribution is -2.43. The van der Waals surface area contributed by atoms with Gasteiger partial charge in [-0.15, -0.1) is 0 Å². The van der Waals surface area contributed by atoms with Crippen LogP contribution in [0.2, 0.25) is 0 Å². The molecule has 0 fully saturated rings. The van der Waals surface area contributed by atoms with Crippen LogP contribution < -0.4 is 10.9 Å². The second kappa shape index (κ2) is 7.00. The van der Waals surface area contributed by atoms with Crippen LogP contribution in [0.5, 0.6) is 0 Å². The number of hydrogen-bond acceptors (Lipinski definition) is 2. The van der Waals surface area contributed by atoms with E-state index in [9.17, 15) is 9.59 Å². The number of nitrogens with one attached hydrogen (secondary N) is 3. The smallest absolute Gasteiger partial charge is 0.242 e. The predicted molar refractivity (Wildman–Crippen MR) is 93.2 cm³/mol. The Labute approximate surface area is 140 Å². The minimum Gasteiger partial charge on any atom is -0.361 e. The van der Waals surface area contributed by atoms with Crippen LogP contribution in [0.25, 0.3) is 10.9 Å². The highest BCUT2D eigenvalue weighted by Crippen LogP contribution is 2.17. The summed E-state index contributed by atoms with van der Waals surface area (Å²) in [4.78, 5) is 27.0. The molecule has 0 atom stereocenters. The van der Waals surface area contributed by atoms with Crippen molar-refractivity contribution in [3.63, 3.8) is 0 Å². The summed E-state index contributed by atoms with van der Waals surface area (Å²) in [5, 5.41) is 1.01. The molecule has 24 heavy (non-hydrogen) atoms. The van der Waals surface area contributed by atoms with Crippen molar-refractivity contribution in [2.45, 2.75) is 19.8 Å². The van der Waals surface area contributed by atoms with Crippen molar-refractivity contribution in [2.24, 2.45) is 0 Å². The van der Waals surface area contributed by atoms with Crippen LogP contribution in [0.3, 0.4) is 0 Å². The Kier molecular flexibility index (Phi) is 4.61. The lowest BCUT2D eigenvalue weighted by molar-refractivity contribution is -0.128. The fraction of sp³-hybridized carbons (Fsp3) is 0.158. The number of carbonyl (C=O) groups is 2. The molecule has 0 saturated heterocycles. The normalized spacial score (nSPS) is 10.5. The molecule has 0 radical (unpaired) electrons. The molecule has 5 heteroatoms. The zero-order valence-corrected chi connectivity index (χ0v) is 13.4. The molecule has 3 rings (SSSR count). The Morgan fingerprint density at radius 3 is 2.33 bits per heavy atom. The van der Waals surface area contributed by atoms with Gasteiger partial charge in [0.2, 0.25) is 11.8 Å². The van der Waals surface area contributed by atoms with E-state index in [2.05, 4.69) is 15.8 Å². The van der Waals surface area contributed by atoms with Gasteiger partial charge >= 0.3 is 0 Å². The molecule has 0 spiro atoms. The van der Waals surface area contributed by atoms with E-state index in [0.29, 0.717) is 0 Å². The summed E-state index contributed by atoms with van der Waals surface area (Å²) in [6, 6.07) is 15.5. The maximum atomic E-state index is 12.0. The predicted octanol–water partition coefficient (Wildman–Crippen LogP) is 2.41. The highest BCUT2D eigenvalue weighted by Gasteiger charge is 2.10. The van der Waals surface area contributed by atoms with Crippen molar-refractivity contribution < 1.29 is 9.59 Å². The highest BCUT2D eigenvalue weighted by molar-refractivity contribution is 5.90. The average Bonchev–Trinajstić information content (AvgIpc) is 2.98. The van der Waals surface area contributed by atoms with Crippen LogP contribution in [-0.2, 0) is 22.4 Å². The molecule has 0 saturated carbocycles. The molecular weight excluding hydrogens is 302 g/mol. The molecular formula is C19H19N3O2. The molecule has 0 aliphatic rings. The van der Waals surface area contributed by atoms with Crippen LogP contribution in [0.1, 0.15) is 16.7 Å². The standard InChI is InChI=1S/C19H19N3O2/c1-13-6-8-14(9-7-13)10-18(23)21-22-19(24)11-15-12-20-17-5-3-2-4-16(15)17/h2-9,12,20H,10-11H2,1H3,(H,21,23)(H,22,24). The fourth-order valence-corrected chi connectivity index (χ4v) is 2.57. The van der Waals surface area contributed by atoms with Crippen molar-refractivity contribution >= 4 is 22.7 Å². The Hall–Kier alpha value is -3.08. The van der Waals surface area contributed by atoms with Gasteiger partial charge < -0.3 is 4.98 Å². The van der Waals surface area contributed by atoms with Crippen molar-refractivity contribution in [3.05, 3.63) is 71.4 Å². The lowest BCUT2D eigenvalue weighted by Gasteiger charge is -2.07. The summed E-state index contributed by atoms with van der Waals surface area (Å²) >= 11 is 0.